The molecule has 0 unspecified atom stereocenters. The first-order chi connectivity index (χ1) is 9.87. The molecule has 1 fully saturated rings. The molecule has 21 heavy (non-hydrogen) atoms. The van der Waals surface area contributed by atoms with Crippen molar-refractivity contribution in [1.82, 2.24) is 20.3 Å². The van der Waals surface area contributed by atoms with E-state index in [0.717, 1.165) is 26.2 Å². The Labute approximate surface area is 125 Å². The van der Waals surface area contributed by atoms with Crippen LogP contribution in [0.2, 0.25) is 0 Å². The van der Waals surface area contributed by atoms with Gasteiger partial charge in [-0.15, -0.1) is 0 Å². The molecule has 2 amide bonds. The number of aromatic nitrogens is 1. The Morgan fingerprint density at radius 3 is 2.62 bits per heavy atom. The normalized spacial score (nSPS) is 17.7. The molecule has 2 N–H and O–H groups in total. The molecule has 0 aliphatic carbocycles. The highest BCUT2D eigenvalue weighted by Gasteiger charge is 2.29. The zero-order valence-corrected chi connectivity index (χ0v) is 13.3. The van der Waals surface area contributed by atoms with Crippen molar-refractivity contribution in [2.75, 3.05) is 45.1 Å². The number of nitrogens with zero attached hydrogens (tertiary/aromatic N) is 3. The monoisotopic (exact) mass is 295 g/mol. The second-order valence-corrected chi connectivity index (χ2v) is 6.23. The number of urea groups is 1. The Bertz CT molecular complexity index is 477. The lowest BCUT2D eigenvalue weighted by Crippen LogP contribution is -2.58. The van der Waals surface area contributed by atoms with Gasteiger partial charge in [0, 0.05) is 44.3 Å². The predicted octanol–water partition coefficient (Wildman–Crippen LogP) is 1.13. The van der Waals surface area contributed by atoms with Crippen LogP contribution in [0.3, 0.4) is 0 Å². The quantitative estimate of drug-likeness (QED) is 0.871. The molecule has 1 aliphatic heterocycles. The zero-order valence-electron chi connectivity index (χ0n) is 13.3. The topological polar surface area (TPSA) is 73.6 Å². The molecule has 1 aromatic heterocycles. The van der Waals surface area contributed by atoms with Gasteiger partial charge in [0.25, 0.3) is 0 Å². The summed E-state index contributed by atoms with van der Waals surface area (Å²) in [7, 11) is 2.13. The highest BCUT2D eigenvalue weighted by molar-refractivity contribution is 5.88. The molecule has 0 saturated carbocycles. The van der Waals surface area contributed by atoms with Crippen molar-refractivity contribution in [3.8, 4) is 0 Å². The minimum atomic E-state index is -0.259. The summed E-state index contributed by atoms with van der Waals surface area (Å²) < 4.78 is 4.91. The number of nitrogens with one attached hydrogen (secondary N) is 2. The number of carbonyl (C=O) groups is 1. The van der Waals surface area contributed by atoms with Gasteiger partial charge in [0.1, 0.15) is 5.76 Å². The molecule has 118 valence electrons. The van der Waals surface area contributed by atoms with Crippen LogP contribution in [0.5, 0.6) is 0 Å². The number of hydrogen-bond acceptors (Lipinski definition) is 5. The second-order valence-electron chi connectivity index (χ2n) is 6.23. The smallest absolute Gasteiger partial charge is 0.320 e. The summed E-state index contributed by atoms with van der Waals surface area (Å²) in [5, 5.41) is 9.30. The maximum Gasteiger partial charge on any atom is 0.320 e. The van der Waals surface area contributed by atoms with E-state index in [1.165, 1.54) is 0 Å². The SMILES string of the molecule is Cc1cc(NC(=O)NCC(C)(C)N2CCN(C)CC2)no1. The number of likely N-dealkylation sites (N-methyl/N-ethyl adjacent to an activating group) is 1. The van der Waals surface area contributed by atoms with E-state index >= 15 is 0 Å². The Morgan fingerprint density at radius 2 is 2.05 bits per heavy atom. The predicted molar refractivity (Wildman–Crippen MR) is 81.4 cm³/mol. The largest absolute Gasteiger partial charge is 0.360 e. The fraction of sp³-hybridized carbons (Fsp3) is 0.714. The summed E-state index contributed by atoms with van der Waals surface area (Å²) in [6, 6.07) is 1.43. The van der Waals surface area contributed by atoms with Crippen molar-refractivity contribution >= 4 is 11.8 Å². The Balaban J connectivity index is 1.79. The van der Waals surface area contributed by atoms with Crippen molar-refractivity contribution < 1.29 is 9.32 Å². The molecule has 0 atom stereocenters. The average Bonchev–Trinajstić information content (AvgIpc) is 2.82. The van der Waals surface area contributed by atoms with Gasteiger partial charge in [-0.3, -0.25) is 10.2 Å². The molecule has 0 aromatic carbocycles. The van der Waals surface area contributed by atoms with Crippen molar-refractivity contribution in [2.24, 2.45) is 0 Å². The molecule has 2 heterocycles. The lowest BCUT2D eigenvalue weighted by molar-refractivity contribution is 0.0636. The van der Waals surface area contributed by atoms with Crippen LogP contribution < -0.4 is 10.6 Å². The molecule has 0 bridgehead atoms. The van der Waals surface area contributed by atoms with Crippen LogP contribution in [0.4, 0.5) is 10.6 Å². The van der Waals surface area contributed by atoms with E-state index in [4.69, 9.17) is 4.52 Å². The number of aryl methyl sites for hydroxylation is 1. The van der Waals surface area contributed by atoms with Crippen LogP contribution in [0.15, 0.2) is 10.6 Å². The first kappa shape index (κ1) is 15.8. The molecule has 0 spiro atoms. The summed E-state index contributed by atoms with van der Waals surface area (Å²) in [6.07, 6.45) is 0. The van der Waals surface area contributed by atoms with Crippen molar-refractivity contribution in [2.45, 2.75) is 26.3 Å². The minimum absolute atomic E-state index is 0.0711. The number of carbonyl (C=O) groups excluding carboxylic acids is 1. The third-order valence-electron chi connectivity index (χ3n) is 3.91. The Kier molecular flexibility index (Phi) is 4.84. The summed E-state index contributed by atoms with van der Waals surface area (Å²) in [5.74, 6) is 1.10. The summed E-state index contributed by atoms with van der Waals surface area (Å²) in [4.78, 5) is 16.6. The molecule has 0 radical (unpaired) electrons. The van der Waals surface area contributed by atoms with Crippen molar-refractivity contribution in [3.05, 3.63) is 11.8 Å². The van der Waals surface area contributed by atoms with Gasteiger partial charge in [-0.05, 0) is 27.8 Å². The van der Waals surface area contributed by atoms with E-state index in [-0.39, 0.29) is 11.6 Å². The summed E-state index contributed by atoms with van der Waals surface area (Å²) in [6.45, 7) is 10.8. The van der Waals surface area contributed by atoms with Gasteiger partial charge in [-0.1, -0.05) is 5.16 Å². The fourth-order valence-corrected chi connectivity index (χ4v) is 2.41. The molecule has 1 saturated heterocycles. The van der Waals surface area contributed by atoms with E-state index < -0.39 is 0 Å². The van der Waals surface area contributed by atoms with Crippen LogP contribution in [0.25, 0.3) is 0 Å². The molecule has 7 nitrogen and oxygen atoms in total. The van der Waals surface area contributed by atoms with Gasteiger partial charge >= 0.3 is 6.03 Å². The average molecular weight is 295 g/mol. The van der Waals surface area contributed by atoms with E-state index in [9.17, 15) is 4.79 Å². The van der Waals surface area contributed by atoms with Gasteiger partial charge < -0.3 is 14.7 Å². The van der Waals surface area contributed by atoms with E-state index in [0.29, 0.717) is 18.1 Å². The van der Waals surface area contributed by atoms with Gasteiger partial charge in [-0.25, -0.2) is 4.79 Å². The number of hydrogen-bond donors (Lipinski definition) is 2. The summed E-state index contributed by atoms with van der Waals surface area (Å²) in [5.41, 5.74) is -0.0711. The van der Waals surface area contributed by atoms with Crippen LogP contribution >= 0.6 is 0 Å². The second kappa shape index (κ2) is 6.44. The van der Waals surface area contributed by atoms with Gasteiger partial charge in [0.2, 0.25) is 0 Å². The number of piperazine rings is 1. The lowest BCUT2D eigenvalue weighted by Gasteiger charge is -2.43. The third kappa shape index (κ3) is 4.44. The maximum atomic E-state index is 11.9. The number of anilines is 1. The molecular weight excluding hydrogens is 270 g/mol. The fourth-order valence-electron chi connectivity index (χ4n) is 2.41. The maximum absolute atomic E-state index is 11.9. The highest BCUT2D eigenvalue weighted by Crippen LogP contribution is 2.15. The summed E-state index contributed by atoms with van der Waals surface area (Å²) >= 11 is 0. The Hall–Kier alpha value is -1.60. The lowest BCUT2D eigenvalue weighted by atomic mass is 10.0. The third-order valence-corrected chi connectivity index (χ3v) is 3.91. The molecule has 1 aliphatic rings. The first-order valence-electron chi connectivity index (χ1n) is 7.28. The van der Waals surface area contributed by atoms with Crippen LogP contribution in [0, 0.1) is 6.92 Å². The van der Waals surface area contributed by atoms with Gasteiger partial charge in [-0.2, -0.15) is 0 Å². The first-order valence-corrected chi connectivity index (χ1v) is 7.28. The minimum Gasteiger partial charge on any atom is -0.360 e. The molecule has 1 aromatic rings. The van der Waals surface area contributed by atoms with Gasteiger partial charge in [0.05, 0.1) is 0 Å². The van der Waals surface area contributed by atoms with E-state index in [2.05, 4.69) is 46.5 Å². The molecular formula is C14H25N5O2. The zero-order chi connectivity index (χ0) is 15.5. The van der Waals surface area contributed by atoms with Crippen LogP contribution in [-0.2, 0) is 0 Å². The number of rotatable bonds is 4. The van der Waals surface area contributed by atoms with E-state index in [1.807, 2.05) is 0 Å². The molecule has 7 heteroatoms. The standard InChI is InChI=1S/C14H25N5O2/c1-11-9-12(17-21-11)16-13(20)15-10-14(2,3)19-7-5-18(4)6-8-19/h9H,5-8,10H2,1-4H3,(H2,15,16,17,20). The van der Waals surface area contributed by atoms with E-state index in [1.54, 1.807) is 13.0 Å². The number of amides is 2. The highest BCUT2D eigenvalue weighted by atomic mass is 16.5. The Morgan fingerprint density at radius 1 is 1.38 bits per heavy atom. The van der Waals surface area contributed by atoms with Crippen LogP contribution in [0.1, 0.15) is 19.6 Å². The van der Waals surface area contributed by atoms with Gasteiger partial charge in [0.15, 0.2) is 5.82 Å². The van der Waals surface area contributed by atoms with Crippen molar-refractivity contribution in [3.63, 3.8) is 0 Å². The molecule has 2 rings (SSSR count). The van der Waals surface area contributed by atoms with Crippen molar-refractivity contribution in [1.29, 1.82) is 0 Å². The van der Waals surface area contributed by atoms with Crippen LogP contribution in [-0.4, -0.2) is 66.3 Å².